The maximum atomic E-state index is 12.4. The Hall–Kier alpha value is -12.1. The molecule has 8 atom stereocenters. The minimum Gasteiger partial charge on any atom is -0.512 e. The fourth-order valence-electron chi connectivity index (χ4n) is 9.68. The van der Waals surface area contributed by atoms with Crippen molar-refractivity contribution in [3.63, 3.8) is 0 Å². The van der Waals surface area contributed by atoms with E-state index in [9.17, 15) is 72.2 Å². The lowest BCUT2D eigenvalue weighted by atomic mass is 10.0. The first-order valence-corrected chi connectivity index (χ1v) is 34.8. The number of amides is 13. The summed E-state index contributed by atoms with van der Waals surface area (Å²) >= 11 is 0. The van der Waals surface area contributed by atoms with E-state index >= 15 is 0 Å². The van der Waals surface area contributed by atoms with Crippen LogP contribution in [0.5, 0.6) is 0 Å². The Labute approximate surface area is 634 Å². The highest BCUT2D eigenvalue weighted by molar-refractivity contribution is 6.20. The number of aliphatic hydroxyl groups is 1. The summed E-state index contributed by atoms with van der Waals surface area (Å²) in [5.74, 6) is -6.88. The van der Waals surface area contributed by atoms with Gasteiger partial charge >= 0.3 is 0 Å². The number of ketones is 1. The van der Waals surface area contributed by atoms with Crippen molar-refractivity contribution in [2.45, 2.75) is 201 Å². The van der Waals surface area contributed by atoms with Crippen LogP contribution in [0.25, 0.3) is 5.57 Å². The molecular weight excluding hydrogens is 1420 g/mol. The fourth-order valence-corrected chi connectivity index (χ4v) is 9.68. The van der Waals surface area contributed by atoms with Crippen molar-refractivity contribution < 1.29 is 72.2 Å². The third kappa shape index (κ3) is 50.9. The lowest BCUT2D eigenvalue weighted by Crippen LogP contribution is -2.54. The number of benzene rings is 1. The number of hydrogen-bond donors (Lipinski definition) is 23. The van der Waals surface area contributed by atoms with E-state index in [1.54, 1.807) is 44.2 Å². The number of likely N-dealkylation sites (tertiary alicyclic amines) is 1. The summed E-state index contributed by atoms with van der Waals surface area (Å²) < 4.78 is 0. The predicted molar refractivity (Wildman–Crippen MR) is 412 cm³/mol. The molecule has 38 N–H and O–H groups in total. The molecule has 43 heteroatoms. The fraction of sp³-hybridized carbons (Fsp3) is 0.591. The summed E-state index contributed by atoms with van der Waals surface area (Å²) in [5, 5.41) is 27.6. The zero-order valence-corrected chi connectivity index (χ0v) is 63.8. The molecule has 2 rings (SSSR count). The Balaban J connectivity index is -0.00000129. The van der Waals surface area contributed by atoms with Gasteiger partial charge in [-0.05, 0) is 115 Å². The van der Waals surface area contributed by atoms with Gasteiger partial charge < -0.3 is 133 Å². The van der Waals surface area contributed by atoms with Crippen LogP contribution in [0.4, 0.5) is 0 Å². The smallest absolute Gasteiger partial charge is 0.255 e. The van der Waals surface area contributed by atoms with Crippen LogP contribution in [-0.4, -0.2) is 210 Å². The van der Waals surface area contributed by atoms with Gasteiger partial charge in [0.25, 0.3) is 5.91 Å². The number of aliphatic hydroxyl groups excluding tert-OH is 1. The van der Waals surface area contributed by atoms with Crippen molar-refractivity contribution in [2.75, 3.05) is 39.3 Å². The molecule has 1 unspecified atom stereocenters. The number of Topliss-reactive ketones (excluding diaryl/α,β-unsaturated/α-hetero) is 1. The third-order valence-electron chi connectivity index (χ3n) is 14.8. The number of rotatable bonds is 42. The molecule has 1 saturated heterocycles. The van der Waals surface area contributed by atoms with E-state index in [-0.39, 0.29) is 95.2 Å². The molecule has 1 aromatic carbocycles. The molecular formula is C66H120N28O15. The molecule has 109 heavy (non-hydrogen) atoms. The van der Waals surface area contributed by atoms with Crippen molar-refractivity contribution in [3.8, 4) is 0 Å². The van der Waals surface area contributed by atoms with Gasteiger partial charge in [0.05, 0.1) is 12.0 Å². The predicted octanol–water partition coefficient (Wildman–Crippen LogP) is -7.26. The minimum absolute atomic E-state index is 0.0253. The zero-order valence-electron chi connectivity index (χ0n) is 63.8. The van der Waals surface area contributed by atoms with Crippen molar-refractivity contribution in [1.29, 1.82) is 0 Å². The largest absolute Gasteiger partial charge is 0.512 e. The van der Waals surface area contributed by atoms with Gasteiger partial charge in [-0.3, -0.25) is 92.1 Å². The number of aliphatic imine (C=N–C) groups is 5. The second-order valence-electron chi connectivity index (χ2n) is 25.5. The van der Waals surface area contributed by atoms with E-state index in [2.05, 4.69) is 62.2 Å². The van der Waals surface area contributed by atoms with Crippen molar-refractivity contribution in [3.05, 3.63) is 41.7 Å². The maximum Gasteiger partial charge on any atom is 0.255 e. The van der Waals surface area contributed by atoms with Crippen LogP contribution in [-0.2, 0) is 67.1 Å². The van der Waals surface area contributed by atoms with Gasteiger partial charge in [0.15, 0.2) is 29.8 Å². The van der Waals surface area contributed by atoms with E-state index in [1.165, 1.54) is 39.5 Å². The first-order chi connectivity index (χ1) is 50.7. The summed E-state index contributed by atoms with van der Waals surface area (Å²) in [7, 11) is 0. The SMILES string of the molecule is C/C(O)=C(/C(=O)N[C@@H](CCCN=C(N)N)C(N)=O)c1ccccc1.CC(=O)CC(=O)N[C@@H](CCCN=C(N)N)C(N)=O.CC(=O)N1CCC[C@@H]1C(=O)NC(CCCN=C(N)N)C(N)=O.CC(=O)N[C@@H](C(=O)N[C@@H](CCCN=C(N)N)C(N)=O)C(C)C.CC(=O)N[C@H](CC(C)C)C(=O)N[C@@H](CCCN=C(N)N)C(N)=O. The number of carbonyl (C=O) groups excluding carboxylic acids is 14. The Morgan fingerprint density at radius 1 is 0.450 bits per heavy atom. The number of nitrogens with one attached hydrogen (secondary N) is 7. The number of carbonyl (C=O) groups is 14. The molecule has 0 bridgehead atoms. The average molecular weight is 1550 g/mol. The van der Waals surface area contributed by atoms with Crippen LogP contribution in [0.1, 0.15) is 158 Å². The molecule has 0 saturated carbocycles. The third-order valence-corrected chi connectivity index (χ3v) is 14.8. The highest BCUT2D eigenvalue weighted by Crippen LogP contribution is 2.20. The van der Waals surface area contributed by atoms with E-state index in [0.717, 1.165) is 6.42 Å². The van der Waals surface area contributed by atoms with Gasteiger partial charge in [0.1, 0.15) is 59.9 Å². The second kappa shape index (κ2) is 56.3. The highest BCUT2D eigenvalue weighted by Gasteiger charge is 2.35. The second-order valence-corrected chi connectivity index (χ2v) is 25.5. The van der Waals surface area contributed by atoms with Crippen LogP contribution < -0.4 is 123 Å². The molecule has 13 amide bonds. The van der Waals surface area contributed by atoms with Gasteiger partial charge in [-0.2, -0.15) is 0 Å². The van der Waals surface area contributed by atoms with E-state index in [4.69, 9.17) is 86.0 Å². The minimum atomic E-state index is -0.884. The summed E-state index contributed by atoms with van der Waals surface area (Å²) in [6.45, 7) is 16.5. The summed E-state index contributed by atoms with van der Waals surface area (Å²) in [4.78, 5) is 182. The number of hydrogen-bond acceptors (Lipinski definition) is 20. The van der Waals surface area contributed by atoms with Gasteiger partial charge in [0.2, 0.25) is 70.9 Å². The van der Waals surface area contributed by atoms with Gasteiger partial charge in [-0.1, -0.05) is 58.0 Å². The van der Waals surface area contributed by atoms with Gasteiger partial charge in [-0.25, -0.2) is 0 Å². The Bertz CT molecular complexity index is 3250. The number of nitrogens with two attached hydrogens (primary N) is 15. The number of guanidine groups is 5. The van der Waals surface area contributed by atoms with Crippen LogP contribution in [0.2, 0.25) is 0 Å². The number of nitrogens with zero attached hydrogens (tertiary/aromatic N) is 6. The molecule has 0 aromatic heterocycles. The van der Waals surface area contributed by atoms with E-state index < -0.39 is 101 Å². The number of primary amides is 5. The Morgan fingerprint density at radius 3 is 1.11 bits per heavy atom. The van der Waals surface area contributed by atoms with Crippen molar-refractivity contribution >= 4 is 118 Å². The maximum absolute atomic E-state index is 12.4. The van der Waals surface area contributed by atoms with E-state index in [0.29, 0.717) is 115 Å². The lowest BCUT2D eigenvalue weighted by Gasteiger charge is -2.24. The van der Waals surface area contributed by atoms with Crippen LogP contribution >= 0.6 is 0 Å². The molecule has 1 aliphatic heterocycles. The zero-order chi connectivity index (χ0) is 84.2. The lowest BCUT2D eigenvalue weighted by molar-refractivity contribution is -0.138. The van der Waals surface area contributed by atoms with Crippen LogP contribution in [0, 0.1) is 11.8 Å². The topological polar surface area (TPSA) is 799 Å². The van der Waals surface area contributed by atoms with Gasteiger partial charge in [-0.15, -0.1) is 0 Å². The quantitative estimate of drug-likeness (QED) is 0.00722. The molecule has 0 spiro atoms. The molecule has 614 valence electrons. The molecule has 1 fully saturated rings. The monoisotopic (exact) mass is 1540 g/mol. The Kier molecular flexibility index (Phi) is 52.2. The van der Waals surface area contributed by atoms with Crippen molar-refractivity contribution in [1.82, 2.24) is 42.1 Å². The molecule has 1 aromatic rings. The molecule has 1 aliphatic rings. The molecule has 0 aliphatic carbocycles. The number of allylic oxidation sites excluding steroid dienone is 1. The first kappa shape index (κ1) is 101. The van der Waals surface area contributed by atoms with Crippen molar-refractivity contribution in [2.24, 2.45) is 123 Å². The van der Waals surface area contributed by atoms with Crippen LogP contribution in [0.3, 0.4) is 0 Å². The normalized spacial score (nSPS) is 13.8. The Morgan fingerprint density at radius 2 is 0.798 bits per heavy atom. The standard InChI is InChI=1S/C16H23N5O3.C14H28N6O3.C13H24N6O3.C13H26N6O3.C10H19N5O3/c1-10(22)13(11-6-3-2-4-7-11)15(24)21-12(14(17)23)8-5-9-20-16(18)19;1-8(2)7-11(19-9(3)21)13(23)20-10(12(15)22)5-4-6-18-14(16)17;1-8(20)19-7-3-5-10(19)12(22)18-9(11(14)21)4-2-6-17-13(15)16;1-7(2)10(18-8(3)20)12(22)19-9(11(14)21)5-4-6-17-13(15)16;1-6(16)5-8(17)15-7(9(11)18)3-2-4-14-10(12)13/h2-4,6-7,12,22H,5,8-9H2,1H3,(H2,17,23)(H,21,24)(H4,18,19,20);8,10-11H,4-7H2,1-3H3,(H2,15,22)(H,19,21)(H,20,23)(H4,16,17,18);9-10H,2-7H2,1H3,(H2,14,21)(H,18,22)(H4,15,16,17);7,9-10H,4-6H2,1-3H3,(H2,14,21)(H,18,20)(H,19,22)(H4,15,16,17);7H,2-5H2,1H3,(H2,11,18)(H,15,17)(H4,12,13,14)/b13-10-;;;;/t12-;10-,11+;9?,10-;9-,10+;7-/m00100/s1. The van der Waals surface area contributed by atoms with E-state index in [1.807, 2.05) is 13.8 Å². The summed E-state index contributed by atoms with van der Waals surface area (Å²) in [5.41, 5.74) is 78.9. The van der Waals surface area contributed by atoms with Crippen LogP contribution in [0.15, 0.2) is 61.1 Å². The van der Waals surface area contributed by atoms with Gasteiger partial charge in [0, 0.05) is 60.0 Å². The molecule has 1 heterocycles. The molecule has 0 radical (unpaired) electrons. The summed E-state index contributed by atoms with van der Waals surface area (Å²) in [6.07, 6.45) is 5.54. The molecule has 43 nitrogen and oxygen atoms in total. The average Bonchev–Trinajstić information content (AvgIpc) is 1.84. The summed E-state index contributed by atoms with van der Waals surface area (Å²) in [6, 6.07) is 2.53. The first-order valence-electron chi connectivity index (χ1n) is 34.8. The highest BCUT2D eigenvalue weighted by atomic mass is 16.3.